The Kier molecular flexibility index (Phi) is 11.4. The maximum atomic E-state index is 16.3. The highest BCUT2D eigenvalue weighted by Crippen LogP contribution is 2.44. The van der Waals surface area contributed by atoms with Crippen molar-refractivity contribution in [3.63, 3.8) is 0 Å². The third-order valence-corrected chi connectivity index (χ3v) is 11.4. The molecule has 15 heteroatoms. The zero-order valence-corrected chi connectivity index (χ0v) is 33.2. The number of aromatic nitrogens is 2. The number of rotatable bonds is 10. The lowest BCUT2D eigenvalue weighted by molar-refractivity contribution is -0.135. The number of carbonyl (C=O) groups is 4. The molecule has 2 fully saturated rings. The molecule has 0 unspecified atom stereocenters. The third kappa shape index (κ3) is 7.71. The Labute approximate surface area is 331 Å². The van der Waals surface area contributed by atoms with E-state index in [4.69, 9.17) is 19.2 Å². The maximum Gasteiger partial charge on any atom is 0.407 e. The standard InChI is InChI=1S/C42H50FN7O7/c1-22(2)35(47-41(53)55-5)39(51)49-15-7-9-32(49)30-18-25(19-44-30)24-11-12-27-26(17-24)21-57-37-28(27)13-14-29(34(37)43)31-20-45-38(46-31)33-10-8-16-50(33)40(52)36(23(3)4)48-42(54)56-6/h11-14,17,19-20,22-23,32-33,35-36H,7-10,15-16,18,21H2,1-6H3,(H,45,46)(H,47,53)(H,48,54)/t32-,33-,35-,36-/m0/s1. The SMILES string of the molecule is COC(=O)N[C@H](C(=O)N1CCC[C@H]1C1=NC=C(c2ccc3c(c2)COc2c-3ccc(-c3cnc([C@@H]4CCCN4C(=O)[C@@H](NC(=O)OC)C(C)C)[nH]3)c2F)C1)C(C)C. The first-order chi connectivity index (χ1) is 27.4. The van der Waals surface area contributed by atoms with Gasteiger partial charge in [0.05, 0.1) is 38.2 Å². The van der Waals surface area contributed by atoms with Crippen molar-refractivity contribution in [1.82, 2.24) is 30.4 Å². The van der Waals surface area contributed by atoms with Gasteiger partial charge in [-0.1, -0.05) is 39.8 Å². The summed E-state index contributed by atoms with van der Waals surface area (Å²) in [7, 11) is 2.54. The molecular weight excluding hydrogens is 734 g/mol. The van der Waals surface area contributed by atoms with E-state index in [1.54, 1.807) is 17.2 Å². The molecule has 0 radical (unpaired) electrons. The predicted octanol–water partition coefficient (Wildman–Crippen LogP) is 6.38. The number of carbonyl (C=O) groups excluding carboxylic acids is 4. The van der Waals surface area contributed by atoms with Crippen molar-refractivity contribution in [2.45, 2.75) is 90.6 Å². The van der Waals surface area contributed by atoms with Crippen molar-refractivity contribution in [2.24, 2.45) is 16.8 Å². The van der Waals surface area contributed by atoms with E-state index in [1.165, 1.54) is 14.2 Å². The summed E-state index contributed by atoms with van der Waals surface area (Å²) in [5.74, 6) is -0.443. The van der Waals surface area contributed by atoms with Crippen LogP contribution in [-0.2, 0) is 25.7 Å². The minimum Gasteiger partial charge on any atom is -0.485 e. The van der Waals surface area contributed by atoms with E-state index in [1.807, 2.05) is 57.0 Å². The number of alkyl carbamates (subject to hydrolysis) is 2. The van der Waals surface area contributed by atoms with Gasteiger partial charge in [0.1, 0.15) is 24.5 Å². The topological polar surface area (TPSA) is 168 Å². The first kappa shape index (κ1) is 39.5. The molecule has 3 N–H and O–H groups in total. The number of methoxy groups -OCH3 is 2. The van der Waals surface area contributed by atoms with Crippen LogP contribution in [0, 0.1) is 17.7 Å². The van der Waals surface area contributed by atoms with Gasteiger partial charge in [0.2, 0.25) is 11.8 Å². The Balaban J connectivity index is 1.04. The summed E-state index contributed by atoms with van der Waals surface area (Å²) >= 11 is 0. The van der Waals surface area contributed by atoms with Gasteiger partial charge in [-0.15, -0.1) is 0 Å². The highest BCUT2D eigenvalue weighted by Gasteiger charge is 2.40. The average Bonchev–Trinajstić information content (AvgIpc) is 4.05. The van der Waals surface area contributed by atoms with E-state index in [0.29, 0.717) is 48.6 Å². The second-order valence-electron chi connectivity index (χ2n) is 15.7. The molecule has 4 aliphatic heterocycles. The fourth-order valence-corrected chi connectivity index (χ4v) is 8.36. The number of likely N-dealkylation sites (tertiary alicyclic amines) is 2. The molecule has 4 aliphatic rings. The summed E-state index contributed by atoms with van der Waals surface area (Å²) in [5, 5.41) is 5.35. The van der Waals surface area contributed by atoms with E-state index in [-0.39, 0.29) is 48.1 Å². The number of ether oxygens (including phenoxy) is 3. The fraction of sp³-hybridized carbons (Fsp3) is 0.476. The Bertz CT molecular complexity index is 2130. The highest BCUT2D eigenvalue weighted by molar-refractivity contribution is 6.04. The maximum absolute atomic E-state index is 16.3. The van der Waals surface area contributed by atoms with Crippen LogP contribution < -0.4 is 15.4 Å². The number of allylic oxidation sites excluding steroid dienone is 1. The quantitative estimate of drug-likeness (QED) is 0.213. The number of hydrogen-bond donors (Lipinski definition) is 3. The first-order valence-corrected chi connectivity index (χ1v) is 19.6. The Morgan fingerprint density at radius 2 is 1.46 bits per heavy atom. The number of nitrogens with zero attached hydrogens (tertiary/aromatic N) is 4. The lowest BCUT2D eigenvalue weighted by Crippen LogP contribution is -2.53. The number of aliphatic imine (C=N–C) groups is 1. The fourth-order valence-electron chi connectivity index (χ4n) is 8.36. The number of amides is 4. The van der Waals surface area contributed by atoms with Crippen molar-refractivity contribution >= 4 is 35.3 Å². The highest BCUT2D eigenvalue weighted by atomic mass is 19.1. The average molecular weight is 784 g/mol. The van der Waals surface area contributed by atoms with E-state index >= 15 is 4.39 Å². The molecule has 0 spiro atoms. The molecule has 2 saturated heterocycles. The summed E-state index contributed by atoms with van der Waals surface area (Å²) in [6, 6.07) is 7.65. The Morgan fingerprint density at radius 3 is 2.09 bits per heavy atom. The number of imidazole rings is 1. The van der Waals surface area contributed by atoms with Gasteiger partial charge >= 0.3 is 12.2 Å². The number of hydrogen-bond acceptors (Lipinski definition) is 9. The minimum absolute atomic E-state index is 0.118. The van der Waals surface area contributed by atoms with Gasteiger partial charge in [0, 0.05) is 42.5 Å². The van der Waals surface area contributed by atoms with Gasteiger partial charge < -0.3 is 39.6 Å². The van der Waals surface area contributed by atoms with Crippen molar-refractivity contribution in [2.75, 3.05) is 27.3 Å². The van der Waals surface area contributed by atoms with E-state index < -0.39 is 30.1 Å². The molecular formula is C42H50FN7O7. The number of aromatic amines is 1. The van der Waals surface area contributed by atoms with Crippen LogP contribution in [0.5, 0.6) is 5.75 Å². The largest absolute Gasteiger partial charge is 0.485 e. The van der Waals surface area contributed by atoms with Gasteiger partial charge in [0.15, 0.2) is 11.6 Å². The molecule has 0 bridgehead atoms. The van der Waals surface area contributed by atoms with Gasteiger partial charge in [-0.05, 0) is 78.0 Å². The molecule has 57 heavy (non-hydrogen) atoms. The third-order valence-electron chi connectivity index (χ3n) is 11.4. The van der Waals surface area contributed by atoms with Crippen LogP contribution in [0.25, 0.3) is 28.0 Å². The number of H-pyrrole nitrogens is 1. The van der Waals surface area contributed by atoms with Crippen LogP contribution in [0.15, 0.2) is 47.7 Å². The number of fused-ring (bicyclic) bond motifs is 3. The molecule has 14 nitrogen and oxygen atoms in total. The van der Waals surface area contributed by atoms with Gasteiger partial charge in [-0.25, -0.2) is 19.0 Å². The molecule has 7 rings (SSSR count). The molecule has 4 atom stereocenters. The molecule has 0 saturated carbocycles. The molecule has 0 aliphatic carbocycles. The van der Waals surface area contributed by atoms with Crippen LogP contribution in [-0.4, -0.2) is 94.9 Å². The van der Waals surface area contributed by atoms with Crippen LogP contribution >= 0.6 is 0 Å². The zero-order chi connectivity index (χ0) is 40.5. The monoisotopic (exact) mass is 783 g/mol. The number of benzene rings is 2. The van der Waals surface area contributed by atoms with Gasteiger partial charge in [-0.2, -0.15) is 0 Å². The van der Waals surface area contributed by atoms with Crippen molar-refractivity contribution < 1.29 is 37.8 Å². The molecule has 1 aromatic heterocycles. The van der Waals surface area contributed by atoms with Crippen LogP contribution in [0.3, 0.4) is 0 Å². The normalized spacial score (nSPS) is 19.7. The van der Waals surface area contributed by atoms with E-state index in [0.717, 1.165) is 47.2 Å². The summed E-state index contributed by atoms with van der Waals surface area (Å²) < 4.78 is 31.9. The Morgan fingerprint density at radius 1 is 0.860 bits per heavy atom. The predicted molar refractivity (Wildman–Crippen MR) is 211 cm³/mol. The minimum atomic E-state index is -0.760. The van der Waals surface area contributed by atoms with Crippen molar-refractivity contribution in [3.8, 4) is 28.1 Å². The lowest BCUT2D eigenvalue weighted by atomic mass is 9.91. The second kappa shape index (κ2) is 16.4. The van der Waals surface area contributed by atoms with E-state index in [9.17, 15) is 19.2 Å². The molecule has 3 aromatic rings. The summed E-state index contributed by atoms with van der Waals surface area (Å²) in [6.45, 7) is 8.79. The molecule has 302 valence electrons. The molecule has 2 aromatic carbocycles. The summed E-state index contributed by atoms with van der Waals surface area (Å²) in [4.78, 5) is 67.3. The Hall–Kier alpha value is -5.73. The van der Waals surface area contributed by atoms with Crippen LogP contribution in [0.1, 0.15) is 82.8 Å². The van der Waals surface area contributed by atoms with Gasteiger partial charge in [-0.3, -0.25) is 14.6 Å². The van der Waals surface area contributed by atoms with Crippen LogP contribution in [0.2, 0.25) is 0 Å². The lowest BCUT2D eigenvalue weighted by Gasteiger charge is -2.31. The zero-order valence-electron chi connectivity index (χ0n) is 33.2. The summed E-state index contributed by atoms with van der Waals surface area (Å²) in [6.07, 6.45) is 5.79. The number of nitrogens with one attached hydrogen (secondary N) is 3. The number of halogens is 1. The first-order valence-electron chi connectivity index (χ1n) is 19.6. The van der Waals surface area contributed by atoms with E-state index in [2.05, 4.69) is 26.7 Å². The van der Waals surface area contributed by atoms with Crippen molar-refractivity contribution in [3.05, 3.63) is 65.5 Å². The molecule has 4 amide bonds. The smallest absolute Gasteiger partial charge is 0.407 e. The summed E-state index contributed by atoms with van der Waals surface area (Å²) in [5.41, 5.74) is 6.12. The van der Waals surface area contributed by atoms with Crippen LogP contribution in [0.4, 0.5) is 14.0 Å². The molecule has 5 heterocycles. The van der Waals surface area contributed by atoms with Crippen molar-refractivity contribution in [1.29, 1.82) is 0 Å². The second-order valence-corrected chi connectivity index (χ2v) is 15.7. The van der Waals surface area contributed by atoms with Gasteiger partial charge in [0.25, 0.3) is 0 Å².